The van der Waals surface area contributed by atoms with Crippen molar-refractivity contribution in [3.05, 3.63) is 24.0 Å². The summed E-state index contributed by atoms with van der Waals surface area (Å²) in [6.45, 7) is 4.56. The quantitative estimate of drug-likeness (QED) is 0.848. The van der Waals surface area contributed by atoms with Crippen molar-refractivity contribution in [3.63, 3.8) is 0 Å². The molecule has 2 heterocycles. The van der Waals surface area contributed by atoms with Crippen LogP contribution in [0.5, 0.6) is 0 Å². The van der Waals surface area contributed by atoms with Crippen molar-refractivity contribution in [1.29, 1.82) is 0 Å². The number of aliphatic hydroxyl groups excluding tert-OH is 1. The summed E-state index contributed by atoms with van der Waals surface area (Å²) >= 11 is 0. The Hall–Kier alpha value is -1.09. The zero-order valence-corrected chi connectivity index (χ0v) is 9.89. The van der Waals surface area contributed by atoms with E-state index in [1.54, 1.807) is 6.20 Å². The first kappa shape index (κ1) is 11.4. The molecular weight excluding hydrogens is 200 g/mol. The number of aliphatic hydroxyl groups is 1. The molecule has 1 saturated heterocycles. The van der Waals surface area contributed by atoms with Gasteiger partial charge in [0.05, 0.1) is 12.3 Å². The molecule has 0 bridgehead atoms. The standard InChI is InChI=1S/C13H20N2O/c1-2-11-4-3-7-15(9-11)13-5-6-14-12(8-13)10-16/h5-6,8,11,16H,2-4,7,9-10H2,1H3. The topological polar surface area (TPSA) is 36.4 Å². The molecule has 88 valence electrons. The van der Waals surface area contributed by atoms with E-state index >= 15 is 0 Å². The average molecular weight is 220 g/mol. The van der Waals surface area contributed by atoms with Gasteiger partial charge in [-0.15, -0.1) is 0 Å². The molecule has 0 amide bonds. The van der Waals surface area contributed by atoms with Crippen molar-refractivity contribution in [2.75, 3.05) is 18.0 Å². The Morgan fingerprint density at radius 2 is 2.44 bits per heavy atom. The van der Waals surface area contributed by atoms with Crippen molar-refractivity contribution in [2.24, 2.45) is 5.92 Å². The summed E-state index contributed by atoms with van der Waals surface area (Å²) in [6, 6.07) is 4.04. The van der Waals surface area contributed by atoms with E-state index in [4.69, 9.17) is 5.11 Å². The molecule has 1 N–H and O–H groups in total. The van der Waals surface area contributed by atoms with Gasteiger partial charge in [0.2, 0.25) is 0 Å². The zero-order chi connectivity index (χ0) is 11.4. The van der Waals surface area contributed by atoms with Crippen LogP contribution < -0.4 is 4.90 Å². The third-order valence-corrected chi connectivity index (χ3v) is 3.42. The Morgan fingerprint density at radius 3 is 3.19 bits per heavy atom. The number of hydrogen-bond donors (Lipinski definition) is 1. The molecule has 0 saturated carbocycles. The normalized spacial score (nSPS) is 21.1. The fourth-order valence-electron chi connectivity index (χ4n) is 2.38. The van der Waals surface area contributed by atoms with Crippen molar-refractivity contribution < 1.29 is 5.11 Å². The SMILES string of the molecule is CCC1CCCN(c2ccnc(CO)c2)C1. The minimum absolute atomic E-state index is 0.0267. The molecular formula is C13H20N2O. The number of rotatable bonds is 3. The van der Waals surface area contributed by atoms with Crippen LogP contribution in [-0.2, 0) is 6.61 Å². The molecule has 1 aliphatic rings. The van der Waals surface area contributed by atoms with E-state index in [0.717, 1.165) is 24.7 Å². The van der Waals surface area contributed by atoms with E-state index in [-0.39, 0.29) is 6.61 Å². The summed E-state index contributed by atoms with van der Waals surface area (Å²) in [5.74, 6) is 0.819. The minimum Gasteiger partial charge on any atom is -0.390 e. The highest BCUT2D eigenvalue weighted by atomic mass is 16.3. The summed E-state index contributed by atoms with van der Waals surface area (Å²) in [7, 11) is 0. The van der Waals surface area contributed by atoms with Crippen LogP contribution in [0.15, 0.2) is 18.3 Å². The third-order valence-electron chi connectivity index (χ3n) is 3.42. The highest BCUT2D eigenvalue weighted by Gasteiger charge is 2.18. The zero-order valence-electron chi connectivity index (χ0n) is 9.89. The van der Waals surface area contributed by atoms with Crippen LogP contribution in [0.25, 0.3) is 0 Å². The van der Waals surface area contributed by atoms with Crippen LogP contribution in [0.4, 0.5) is 5.69 Å². The van der Waals surface area contributed by atoms with Gasteiger partial charge in [-0.25, -0.2) is 0 Å². The second-order valence-electron chi connectivity index (χ2n) is 4.53. The maximum absolute atomic E-state index is 9.08. The van der Waals surface area contributed by atoms with Gasteiger partial charge in [0.1, 0.15) is 0 Å². The molecule has 1 atom stereocenters. The fraction of sp³-hybridized carbons (Fsp3) is 0.615. The number of nitrogens with zero attached hydrogens (tertiary/aromatic N) is 2. The summed E-state index contributed by atoms with van der Waals surface area (Å²) in [4.78, 5) is 6.53. The number of aromatic nitrogens is 1. The molecule has 0 aromatic carbocycles. The Kier molecular flexibility index (Phi) is 3.78. The number of anilines is 1. The first-order valence-corrected chi connectivity index (χ1v) is 6.14. The van der Waals surface area contributed by atoms with Crippen LogP contribution in [0.3, 0.4) is 0 Å². The van der Waals surface area contributed by atoms with Crippen LogP contribution in [0, 0.1) is 5.92 Å². The van der Waals surface area contributed by atoms with E-state index in [9.17, 15) is 0 Å². The second kappa shape index (κ2) is 5.30. The lowest BCUT2D eigenvalue weighted by Crippen LogP contribution is -2.35. The van der Waals surface area contributed by atoms with Gasteiger partial charge < -0.3 is 10.0 Å². The lowest BCUT2D eigenvalue weighted by Gasteiger charge is -2.34. The van der Waals surface area contributed by atoms with Gasteiger partial charge in [0.25, 0.3) is 0 Å². The first-order valence-electron chi connectivity index (χ1n) is 6.14. The summed E-state index contributed by atoms with van der Waals surface area (Å²) in [5, 5.41) is 9.08. The molecule has 1 unspecified atom stereocenters. The van der Waals surface area contributed by atoms with Gasteiger partial charge >= 0.3 is 0 Å². The van der Waals surface area contributed by atoms with Gasteiger partial charge in [0, 0.05) is 25.0 Å². The number of pyridine rings is 1. The average Bonchev–Trinajstić information content (AvgIpc) is 2.39. The molecule has 1 aliphatic heterocycles. The molecule has 0 radical (unpaired) electrons. The Bertz CT molecular complexity index is 340. The highest BCUT2D eigenvalue weighted by Crippen LogP contribution is 2.24. The predicted octanol–water partition coefficient (Wildman–Crippen LogP) is 2.20. The minimum atomic E-state index is 0.0267. The lowest BCUT2D eigenvalue weighted by atomic mass is 9.95. The van der Waals surface area contributed by atoms with Crippen LogP contribution in [-0.4, -0.2) is 23.2 Å². The number of piperidine rings is 1. The van der Waals surface area contributed by atoms with Crippen molar-refractivity contribution in [2.45, 2.75) is 32.8 Å². The smallest absolute Gasteiger partial charge is 0.0853 e. The van der Waals surface area contributed by atoms with Crippen LogP contribution >= 0.6 is 0 Å². The molecule has 1 fully saturated rings. The van der Waals surface area contributed by atoms with Crippen LogP contribution in [0.1, 0.15) is 31.9 Å². The van der Waals surface area contributed by atoms with Crippen molar-refractivity contribution in [3.8, 4) is 0 Å². The van der Waals surface area contributed by atoms with Crippen LogP contribution in [0.2, 0.25) is 0 Å². The van der Waals surface area contributed by atoms with E-state index in [0.29, 0.717) is 0 Å². The molecule has 16 heavy (non-hydrogen) atoms. The van der Waals surface area contributed by atoms with E-state index in [1.165, 1.54) is 24.9 Å². The second-order valence-corrected chi connectivity index (χ2v) is 4.53. The lowest BCUT2D eigenvalue weighted by molar-refractivity contribution is 0.277. The Labute approximate surface area is 97.1 Å². The van der Waals surface area contributed by atoms with Gasteiger partial charge in [-0.3, -0.25) is 4.98 Å². The molecule has 3 heteroatoms. The molecule has 0 aliphatic carbocycles. The maximum atomic E-state index is 9.08. The van der Waals surface area contributed by atoms with Gasteiger partial charge in [-0.05, 0) is 30.9 Å². The first-order chi connectivity index (χ1) is 7.83. The predicted molar refractivity (Wildman–Crippen MR) is 65.4 cm³/mol. The molecule has 0 spiro atoms. The van der Waals surface area contributed by atoms with Gasteiger partial charge in [-0.2, -0.15) is 0 Å². The number of hydrogen-bond acceptors (Lipinski definition) is 3. The molecule has 3 nitrogen and oxygen atoms in total. The molecule has 1 aromatic rings. The van der Waals surface area contributed by atoms with Gasteiger partial charge in [-0.1, -0.05) is 13.3 Å². The highest BCUT2D eigenvalue weighted by molar-refractivity contribution is 5.46. The summed E-state index contributed by atoms with van der Waals surface area (Å²) < 4.78 is 0. The monoisotopic (exact) mass is 220 g/mol. The van der Waals surface area contributed by atoms with E-state index < -0.39 is 0 Å². The molecule has 1 aromatic heterocycles. The maximum Gasteiger partial charge on any atom is 0.0853 e. The fourth-order valence-corrected chi connectivity index (χ4v) is 2.38. The Balaban J connectivity index is 2.10. The third kappa shape index (κ3) is 2.53. The largest absolute Gasteiger partial charge is 0.390 e. The van der Waals surface area contributed by atoms with Crippen molar-refractivity contribution in [1.82, 2.24) is 4.98 Å². The van der Waals surface area contributed by atoms with Gasteiger partial charge in [0.15, 0.2) is 0 Å². The van der Waals surface area contributed by atoms with E-state index in [1.807, 2.05) is 12.1 Å². The molecule has 2 rings (SSSR count). The van der Waals surface area contributed by atoms with Crippen molar-refractivity contribution >= 4 is 5.69 Å². The summed E-state index contributed by atoms with van der Waals surface area (Å²) in [5.41, 5.74) is 1.97. The summed E-state index contributed by atoms with van der Waals surface area (Å²) in [6.07, 6.45) is 5.67. The Morgan fingerprint density at radius 1 is 1.56 bits per heavy atom. The van der Waals surface area contributed by atoms with E-state index in [2.05, 4.69) is 16.8 Å².